The van der Waals surface area contributed by atoms with Crippen LogP contribution in [-0.2, 0) is 16.0 Å². The molecular weight excluding hydrogens is 368 g/mol. The molecule has 1 saturated heterocycles. The van der Waals surface area contributed by atoms with Crippen LogP contribution in [0.1, 0.15) is 30.9 Å². The Balaban J connectivity index is 1.43. The van der Waals surface area contributed by atoms with Crippen LogP contribution >= 0.6 is 0 Å². The molecule has 3 rings (SSSR count). The van der Waals surface area contributed by atoms with Gasteiger partial charge in [0.15, 0.2) is 0 Å². The fraction of sp³-hybridized carbons (Fsp3) is 0.500. The smallest absolute Gasteiger partial charge is 0.251 e. The first-order valence-corrected chi connectivity index (χ1v) is 10.4. The van der Waals surface area contributed by atoms with Crippen LogP contribution in [-0.4, -0.2) is 65.9 Å². The van der Waals surface area contributed by atoms with Gasteiger partial charge in [-0.2, -0.15) is 0 Å². The van der Waals surface area contributed by atoms with Crippen LogP contribution in [0.2, 0.25) is 0 Å². The van der Waals surface area contributed by atoms with Crippen LogP contribution in [0, 0.1) is 6.92 Å². The average molecular weight is 399 g/mol. The largest absolute Gasteiger partial charge is 0.356 e. The predicted octanol–water partition coefficient (Wildman–Crippen LogP) is 1.44. The van der Waals surface area contributed by atoms with Crippen molar-refractivity contribution in [1.29, 1.82) is 0 Å². The van der Waals surface area contributed by atoms with Crippen molar-refractivity contribution in [2.75, 3.05) is 39.3 Å². The van der Waals surface area contributed by atoms with Crippen molar-refractivity contribution in [3.8, 4) is 0 Å². The van der Waals surface area contributed by atoms with Crippen LogP contribution in [0.5, 0.6) is 0 Å². The lowest BCUT2D eigenvalue weighted by molar-refractivity contribution is -0.132. The Morgan fingerprint density at radius 2 is 1.86 bits per heavy atom. The van der Waals surface area contributed by atoms with Gasteiger partial charge in [-0.05, 0) is 43.0 Å². The minimum absolute atomic E-state index is 0.0855. The number of aromatic nitrogens is 1. The number of H-pyrrole nitrogens is 1. The van der Waals surface area contributed by atoms with Crippen molar-refractivity contribution >= 4 is 22.7 Å². The first kappa shape index (κ1) is 21.0. The van der Waals surface area contributed by atoms with Gasteiger partial charge < -0.3 is 20.1 Å². The Kier molecular flexibility index (Phi) is 7.04. The lowest BCUT2D eigenvalue weighted by Gasteiger charge is -2.34. The molecule has 1 aromatic carbocycles. The number of hydrogen-bond donors (Lipinski definition) is 2. The highest BCUT2D eigenvalue weighted by Gasteiger charge is 2.19. The summed E-state index contributed by atoms with van der Waals surface area (Å²) in [5.41, 5.74) is 2.34. The number of fused-ring (bicyclic) bond motifs is 1. The van der Waals surface area contributed by atoms with Gasteiger partial charge in [-0.3, -0.25) is 14.4 Å². The zero-order valence-electron chi connectivity index (χ0n) is 17.3. The molecule has 1 fully saturated rings. The number of likely N-dealkylation sites (N-methyl/N-ethyl adjacent to an activating group) is 1. The number of aromatic amines is 1. The summed E-state index contributed by atoms with van der Waals surface area (Å²) in [6, 6.07) is 7.75. The summed E-state index contributed by atoms with van der Waals surface area (Å²) in [6.45, 7) is 8.78. The second-order valence-corrected chi connectivity index (χ2v) is 7.63. The fourth-order valence-corrected chi connectivity index (χ4v) is 3.66. The monoisotopic (exact) mass is 398 g/mol. The minimum Gasteiger partial charge on any atom is -0.356 e. The zero-order chi connectivity index (χ0) is 20.8. The lowest BCUT2D eigenvalue weighted by Crippen LogP contribution is -2.49. The summed E-state index contributed by atoms with van der Waals surface area (Å²) in [4.78, 5) is 43.7. The quantitative estimate of drug-likeness (QED) is 0.739. The molecule has 7 nitrogen and oxygen atoms in total. The molecule has 2 heterocycles. The molecule has 1 aromatic heterocycles. The number of nitrogens with one attached hydrogen (secondary N) is 2. The number of benzene rings is 1. The van der Waals surface area contributed by atoms with Gasteiger partial charge in [0.1, 0.15) is 0 Å². The second kappa shape index (κ2) is 9.69. The number of pyridine rings is 1. The molecule has 0 bridgehead atoms. The van der Waals surface area contributed by atoms with Crippen molar-refractivity contribution < 1.29 is 9.59 Å². The molecule has 2 aromatic rings. The Morgan fingerprint density at radius 1 is 1.10 bits per heavy atom. The maximum Gasteiger partial charge on any atom is 0.251 e. The summed E-state index contributed by atoms with van der Waals surface area (Å²) in [6.07, 6.45) is 0.912. The maximum atomic E-state index is 12.3. The van der Waals surface area contributed by atoms with Crippen molar-refractivity contribution in [1.82, 2.24) is 20.1 Å². The average Bonchev–Trinajstić information content (AvgIpc) is 2.72. The van der Waals surface area contributed by atoms with E-state index in [1.165, 1.54) is 0 Å². The van der Waals surface area contributed by atoms with Gasteiger partial charge in [0.25, 0.3) is 5.56 Å². The molecule has 2 amide bonds. The number of hydrogen-bond acceptors (Lipinski definition) is 4. The van der Waals surface area contributed by atoms with Crippen LogP contribution < -0.4 is 10.9 Å². The summed E-state index contributed by atoms with van der Waals surface area (Å²) in [5.74, 6) is -0.0562. The number of aryl methyl sites for hydroxylation is 2. The third-order valence-corrected chi connectivity index (χ3v) is 5.53. The van der Waals surface area contributed by atoms with Gasteiger partial charge in [0.2, 0.25) is 11.8 Å². The van der Waals surface area contributed by atoms with E-state index in [9.17, 15) is 14.4 Å². The number of rotatable bonds is 7. The SMILES string of the molecule is CCN1CCN(C(=O)CCNC(=O)CCc2cc3ccc(C)cc3[nH]c2=O)CC1. The van der Waals surface area contributed by atoms with Crippen LogP contribution in [0.4, 0.5) is 0 Å². The van der Waals surface area contributed by atoms with Gasteiger partial charge in [-0.15, -0.1) is 0 Å². The number of carbonyl (C=O) groups excluding carboxylic acids is 2. The van der Waals surface area contributed by atoms with E-state index in [1.54, 1.807) is 0 Å². The van der Waals surface area contributed by atoms with E-state index < -0.39 is 0 Å². The summed E-state index contributed by atoms with van der Waals surface area (Å²) >= 11 is 0. The Hall–Kier alpha value is -2.67. The Bertz CT molecular complexity index is 929. The van der Waals surface area contributed by atoms with Crippen LogP contribution in [0.3, 0.4) is 0 Å². The van der Waals surface area contributed by atoms with Crippen molar-refractivity contribution in [3.05, 3.63) is 45.7 Å². The molecule has 1 aliphatic heterocycles. The third-order valence-electron chi connectivity index (χ3n) is 5.53. The van der Waals surface area contributed by atoms with E-state index in [0.29, 0.717) is 24.9 Å². The standard InChI is InChI=1S/C22H30N4O3/c1-3-25-10-12-26(13-11-25)21(28)8-9-23-20(27)7-6-18-15-17-5-4-16(2)14-19(17)24-22(18)29/h4-5,14-15H,3,6-13H2,1-2H3,(H,23,27)(H,24,29). The van der Waals surface area contributed by atoms with E-state index in [4.69, 9.17) is 0 Å². The van der Waals surface area contributed by atoms with Crippen molar-refractivity contribution in [2.45, 2.75) is 33.1 Å². The molecular formula is C22H30N4O3. The molecule has 0 aliphatic carbocycles. The van der Waals surface area contributed by atoms with E-state index >= 15 is 0 Å². The highest BCUT2D eigenvalue weighted by molar-refractivity contribution is 5.81. The number of piperazine rings is 1. The van der Waals surface area contributed by atoms with Gasteiger partial charge in [0, 0.05) is 56.6 Å². The summed E-state index contributed by atoms with van der Waals surface area (Å²) < 4.78 is 0. The fourth-order valence-electron chi connectivity index (χ4n) is 3.66. The van der Waals surface area contributed by atoms with E-state index in [1.807, 2.05) is 36.1 Å². The molecule has 2 N–H and O–H groups in total. The molecule has 0 unspecified atom stereocenters. The molecule has 156 valence electrons. The minimum atomic E-state index is -0.155. The Labute approximate surface area is 171 Å². The number of amides is 2. The topological polar surface area (TPSA) is 85.5 Å². The van der Waals surface area contributed by atoms with Gasteiger partial charge >= 0.3 is 0 Å². The highest BCUT2D eigenvalue weighted by Crippen LogP contribution is 2.13. The van der Waals surface area contributed by atoms with E-state index in [0.717, 1.165) is 49.2 Å². The molecule has 29 heavy (non-hydrogen) atoms. The highest BCUT2D eigenvalue weighted by atomic mass is 16.2. The van der Waals surface area contributed by atoms with Gasteiger partial charge in [-0.1, -0.05) is 19.1 Å². The molecule has 0 atom stereocenters. The van der Waals surface area contributed by atoms with Crippen LogP contribution in [0.15, 0.2) is 29.1 Å². The summed E-state index contributed by atoms with van der Waals surface area (Å²) in [7, 11) is 0. The second-order valence-electron chi connectivity index (χ2n) is 7.63. The first-order chi connectivity index (χ1) is 14.0. The third kappa shape index (κ3) is 5.67. The van der Waals surface area contributed by atoms with E-state index in [2.05, 4.69) is 22.1 Å². The predicted molar refractivity (Wildman–Crippen MR) is 114 cm³/mol. The first-order valence-electron chi connectivity index (χ1n) is 10.4. The van der Waals surface area contributed by atoms with Crippen molar-refractivity contribution in [3.63, 3.8) is 0 Å². The molecule has 0 radical (unpaired) electrons. The Morgan fingerprint density at radius 3 is 2.59 bits per heavy atom. The zero-order valence-corrected chi connectivity index (χ0v) is 17.3. The normalized spacial score (nSPS) is 14.9. The lowest BCUT2D eigenvalue weighted by atomic mass is 10.1. The number of carbonyl (C=O) groups is 2. The molecule has 1 aliphatic rings. The maximum absolute atomic E-state index is 12.3. The molecule has 7 heteroatoms. The van der Waals surface area contributed by atoms with Gasteiger partial charge in [-0.25, -0.2) is 0 Å². The number of nitrogens with zero attached hydrogens (tertiary/aromatic N) is 2. The molecule has 0 saturated carbocycles. The van der Waals surface area contributed by atoms with Crippen LogP contribution in [0.25, 0.3) is 10.9 Å². The van der Waals surface area contributed by atoms with Crippen molar-refractivity contribution in [2.24, 2.45) is 0 Å². The van der Waals surface area contributed by atoms with Gasteiger partial charge in [0.05, 0.1) is 0 Å². The summed E-state index contributed by atoms with van der Waals surface area (Å²) in [5, 5.41) is 3.76. The van der Waals surface area contributed by atoms with E-state index in [-0.39, 0.29) is 23.8 Å². The molecule has 0 spiro atoms.